The molecule has 2 aromatic rings. The monoisotopic (exact) mass is 365 g/mol. The minimum absolute atomic E-state index is 0.252. The number of carbonyl (C=O) groups excluding carboxylic acids is 1. The van der Waals surface area contributed by atoms with Crippen molar-refractivity contribution >= 4 is 47.4 Å². The summed E-state index contributed by atoms with van der Waals surface area (Å²) < 4.78 is 14.2. The van der Waals surface area contributed by atoms with Gasteiger partial charge in [0, 0.05) is 33.1 Å². The van der Waals surface area contributed by atoms with Gasteiger partial charge < -0.3 is 4.74 Å². The number of nitrogens with zero attached hydrogens (tertiary/aromatic N) is 1. The first-order valence-electron chi connectivity index (χ1n) is 5.49. The van der Waals surface area contributed by atoms with E-state index in [0.29, 0.717) is 5.56 Å². The smallest absolute Gasteiger partial charge is 0.271 e. The third kappa shape index (κ3) is 6.01. The first-order valence-corrected chi connectivity index (χ1v) is 8.67. The summed E-state index contributed by atoms with van der Waals surface area (Å²) in [5.74, 6) is 0.722. The van der Waals surface area contributed by atoms with Gasteiger partial charge in [0.1, 0.15) is 11.4 Å². The maximum absolute atomic E-state index is 11.3. The number of halogens is 3. The average Bonchev–Trinajstić information content (AvgIpc) is 2.46. The molecule has 0 fully saturated rings. The number of aromatic nitrogens is 1. The molecule has 0 radical (unpaired) electrons. The summed E-state index contributed by atoms with van der Waals surface area (Å²) in [6.45, 7) is 0. The number of hydrogen-bond donors (Lipinski definition) is 0. The Morgan fingerprint density at radius 1 is 1.24 bits per heavy atom. The van der Waals surface area contributed by atoms with Crippen molar-refractivity contribution < 1.29 is 13.7 Å². The van der Waals surface area contributed by atoms with Crippen molar-refractivity contribution in [1.29, 1.82) is 0 Å². The van der Waals surface area contributed by atoms with E-state index in [0.717, 1.165) is 11.3 Å². The minimum Gasteiger partial charge on any atom is -0.497 e. The van der Waals surface area contributed by atoms with Crippen molar-refractivity contribution in [1.82, 2.24) is 4.98 Å². The molecule has 4 nitrogen and oxygen atoms in total. The van der Waals surface area contributed by atoms with Crippen LogP contribution in [0.15, 0.2) is 42.6 Å². The Labute approximate surface area is 138 Å². The van der Waals surface area contributed by atoms with Crippen molar-refractivity contribution in [3.05, 3.63) is 48.3 Å². The fourth-order valence-electron chi connectivity index (χ4n) is 1.59. The van der Waals surface area contributed by atoms with Gasteiger partial charge in [-0.1, -0.05) is 18.2 Å². The maximum atomic E-state index is 11.3. The van der Waals surface area contributed by atoms with E-state index in [-0.39, 0.29) is 5.69 Å². The summed E-state index contributed by atoms with van der Waals surface area (Å²) in [6, 6.07) is 11.0. The minimum atomic E-state index is -1.67. The molecule has 21 heavy (non-hydrogen) atoms. The van der Waals surface area contributed by atoms with Crippen LogP contribution in [0.5, 0.6) is 5.75 Å². The van der Waals surface area contributed by atoms with Crippen LogP contribution in [-0.2, 0) is 9.23 Å². The van der Waals surface area contributed by atoms with Gasteiger partial charge in [0.05, 0.1) is 7.11 Å². The SMILES string of the molecule is COc1cccc(-c2cccnc2C(=O)Cl)c1.O=S(Cl)Cl. The van der Waals surface area contributed by atoms with E-state index in [1.807, 2.05) is 24.3 Å². The molecule has 0 amide bonds. The summed E-state index contributed by atoms with van der Waals surface area (Å²) in [4.78, 5) is 15.3. The molecule has 1 aromatic heterocycles. The Morgan fingerprint density at radius 3 is 2.48 bits per heavy atom. The van der Waals surface area contributed by atoms with Crippen molar-refractivity contribution in [3.8, 4) is 16.9 Å². The van der Waals surface area contributed by atoms with Crippen molar-refractivity contribution in [2.24, 2.45) is 0 Å². The normalized spacial score (nSPS) is 9.76. The lowest BCUT2D eigenvalue weighted by molar-refractivity contribution is 0.107. The molecule has 0 atom stereocenters. The number of carbonyl (C=O) groups is 1. The molecule has 0 N–H and O–H groups in total. The summed E-state index contributed by atoms with van der Waals surface area (Å²) in [7, 11) is 8.95. The molecule has 8 heteroatoms. The fourth-order valence-corrected chi connectivity index (χ4v) is 1.74. The Balaban J connectivity index is 0.000000491. The van der Waals surface area contributed by atoms with Gasteiger partial charge in [-0.25, -0.2) is 4.21 Å². The number of pyridine rings is 1. The second kappa shape index (κ2) is 9.00. The highest BCUT2D eigenvalue weighted by atomic mass is 36.0. The molecular formula is C13H10Cl3NO3S. The van der Waals surface area contributed by atoms with Gasteiger partial charge in [-0.2, -0.15) is 0 Å². The topological polar surface area (TPSA) is 56.3 Å². The third-order valence-electron chi connectivity index (χ3n) is 2.37. The van der Waals surface area contributed by atoms with Crippen LogP contribution < -0.4 is 4.74 Å². The number of ether oxygens (including phenoxy) is 1. The molecular weight excluding hydrogens is 357 g/mol. The first-order chi connectivity index (χ1) is 9.95. The van der Waals surface area contributed by atoms with Crippen LogP contribution in [0, 0.1) is 0 Å². The maximum Gasteiger partial charge on any atom is 0.271 e. The fraction of sp³-hybridized carbons (Fsp3) is 0.0769. The molecule has 1 heterocycles. The van der Waals surface area contributed by atoms with E-state index >= 15 is 0 Å². The highest BCUT2D eigenvalue weighted by molar-refractivity contribution is 8.26. The van der Waals surface area contributed by atoms with Gasteiger partial charge in [0.25, 0.3) is 5.24 Å². The van der Waals surface area contributed by atoms with Crippen LogP contribution in [0.25, 0.3) is 11.1 Å². The second-order valence-corrected chi connectivity index (χ2v) is 6.46. The van der Waals surface area contributed by atoms with E-state index in [9.17, 15) is 4.79 Å². The van der Waals surface area contributed by atoms with Gasteiger partial charge in [0.2, 0.25) is 9.23 Å². The van der Waals surface area contributed by atoms with Crippen molar-refractivity contribution in [3.63, 3.8) is 0 Å². The predicted molar refractivity (Wildman–Crippen MR) is 86.3 cm³/mol. The molecule has 0 bridgehead atoms. The van der Waals surface area contributed by atoms with Crippen LogP contribution in [-0.4, -0.2) is 21.5 Å². The zero-order chi connectivity index (χ0) is 15.8. The average molecular weight is 367 g/mol. The van der Waals surface area contributed by atoms with Gasteiger partial charge in [0.15, 0.2) is 0 Å². The van der Waals surface area contributed by atoms with Crippen LogP contribution in [0.1, 0.15) is 10.5 Å². The van der Waals surface area contributed by atoms with Gasteiger partial charge in [-0.3, -0.25) is 9.78 Å². The van der Waals surface area contributed by atoms with Crippen LogP contribution in [0.2, 0.25) is 0 Å². The number of hydrogen-bond acceptors (Lipinski definition) is 4. The van der Waals surface area contributed by atoms with Gasteiger partial charge >= 0.3 is 0 Å². The first kappa shape index (κ1) is 17.9. The lowest BCUT2D eigenvalue weighted by Gasteiger charge is -2.06. The molecule has 0 aliphatic carbocycles. The number of methoxy groups -OCH3 is 1. The van der Waals surface area contributed by atoms with Gasteiger partial charge in [-0.05, 0) is 35.4 Å². The summed E-state index contributed by atoms with van der Waals surface area (Å²) in [6.07, 6.45) is 1.54. The van der Waals surface area contributed by atoms with E-state index < -0.39 is 14.5 Å². The molecule has 2 rings (SSSR count). The van der Waals surface area contributed by atoms with E-state index in [4.69, 9.17) is 20.5 Å². The Hall–Kier alpha value is -1.14. The van der Waals surface area contributed by atoms with E-state index in [2.05, 4.69) is 26.3 Å². The summed E-state index contributed by atoms with van der Waals surface area (Å²) >= 11 is 5.50. The molecule has 1 aromatic carbocycles. The van der Waals surface area contributed by atoms with Gasteiger partial charge in [-0.15, -0.1) is 0 Å². The highest BCUT2D eigenvalue weighted by Crippen LogP contribution is 2.26. The zero-order valence-corrected chi connectivity index (χ0v) is 13.8. The quantitative estimate of drug-likeness (QED) is 0.765. The standard InChI is InChI=1S/C13H10ClNO2.Cl2OS/c1-17-10-5-2-4-9(8-10)11-6-3-7-15-12(11)13(14)16;1-4(2)3/h2-8H,1H3;. The Kier molecular flexibility index (Phi) is 7.67. The zero-order valence-electron chi connectivity index (χ0n) is 10.8. The third-order valence-corrected chi connectivity index (χ3v) is 2.55. The molecule has 0 saturated heterocycles. The van der Waals surface area contributed by atoms with E-state index in [1.54, 1.807) is 25.4 Å². The van der Waals surface area contributed by atoms with Crippen LogP contribution in [0.4, 0.5) is 0 Å². The number of rotatable bonds is 3. The lowest BCUT2D eigenvalue weighted by atomic mass is 10.0. The summed E-state index contributed by atoms with van der Waals surface area (Å²) in [5.41, 5.74) is 1.80. The number of benzene rings is 1. The molecule has 0 saturated carbocycles. The lowest BCUT2D eigenvalue weighted by Crippen LogP contribution is -1.97. The summed E-state index contributed by atoms with van der Waals surface area (Å²) in [5, 5.41) is -0.566. The Bertz CT molecular complexity index is 648. The molecule has 0 aliphatic heterocycles. The highest BCUT2D eigenvalue weighted by Gasteiger charge is 2.11. The predicted octanol–water partition coefficient (Wildman–Crippen LogP) is 4.18. The van der Waals surface area contributed by atoms with Crippen LogP contribution in [0.3, 0.4) is 0 Å². The molecule has 112 valence electrons. The van der Waals surface area contributed by atoms with E-state index in [1.165, 1.54) is 0 Å². The largest absolute Gasteiger partial charge is 0.497 e. The molecule has 0 unspecified atom stereocenters. The molecule has 0 aliphatic rings. The van der Waals surface area contributed by atoms with Crippen LogP contribution >= 0.6 is 33.0 Å². The second-order valence-electron chi connectivity index (χ2n) is 3.59. The van der Waals surface area contributed by atoms with Crippen molar-refractivity contribution in [2.45, 2.75) is 0 Å². The Morgan fingerprint density at radius 2 is 1.90 bits per heavy atom. The molecule has 0 spiro atoms. The van der Waals surface area contributed by atoms with Crippen molar-refractivity contribution in [2.75, 3.05) is 7.11 Å².